The van der Waals surface area contributed by atoms with Crippen LogP contribution in [0.2, 0.25) is 0 Å². The molecule has 0 fully saturated rings. The van der Waals surface area contributed by atoms with Crippen LogP contribution in [0.3, 0.4) is 0 Å². The molecule has 0 aliphatic rings. The summed E-state index contributed by atoms with van der Waals surface area (Å²) in [6, 6.07) is 8.27. The molecule has 2 aromatic rings. The summed E-state index contributed by atoms with van der Waals surface area (Å²) >= 11 is 1.54. The summed E-state index contributed by atoms with van der Waals surface area (Å²) in [6.07, 6.45) is 8.91. The molecule has 0 spiro atoms. The molecule has 27 heavy (non-hydrogen) atoms. The van der Waals surface area contributed by atoms with E-state index in [1.807, 2.05) is 26.0 Å². The highest BCUT2D eigenvalue weighted by atomic mass is 32.2. The Morgan fingerprint density at radius 2 is 1.07 bits per heavy atom. The molecule has 2 N–H and O–H groups in total. The topological polar surface area (TPSA) is 40.5 Å². The van der Waals surface area contributed by atoms with E-state index in [1.54, 1.807) is 0 Å². The van der Waals surface area contributed by atoms with Crippen molar-refractivity contribution in [3.8, 4) is 11.5 Å². The van der Waals surface area contributed by atoms with Gasteiger partial charge in [0.2, 0.25) is 0 Å². The first-order valence-corrected chi connectivity index (χ1v) is 11.1. The fourth-order valence-corrected chi connectivity index (χ4v) is 4.60. The van der Waals surface area contributed by atoms with E-state index in [4.69, 9.17) is 0 Å². The van der Waals surface area contributed by atoms with E-state index in [9.17, 15) is 10.2 Å². The van der Waals surface area contributed by atoms with Gasteiger partial charge in [-0.15, -0.1) is 0 Å². The molecular formula is C24H34O2S. The van der Waals surface area contributed by atoms with Gasteiger partial charge in [-0.05, 0) is 61.8 Å². The van der Waals surface area contributed by atoms with Gasteiger partial charge in [0.15, 0.2) is 0 Å². The van der Waals surface area contributed by atoms with E-state index >= 15 is 0 Å². The highest BCUT2D eigenvalue weighted by molar-refractivity contribution is 7.99. The van der Waals surface area contributed by atoms with Gasteiger partial charge in [0, 0.05) is 0 Å². The predicted octanol–water partition coefficient (Wildman–Crippen LogP) is 7.33. The number of benzene rings is 2. The number of aromatic hydroxyl groups is 2. The number of phenols is 2. The average Bonchev–Trinajstić information content (AvgIpc) is 2.66. The summed E-state index contributed by atoms with van der Waals surface area (Å²) in [5.41, 5.74) is 4.13. The second-order valence-electron chi connectivity index (χ2n) is 7.45. The van der Waals surface area contributed by atoms with Crippen LogP contribution in [0.1, 0.15) is 74.6 Å². The van der Waals surface area contributed by atoms with Crippen LogP contribution in [-0.2, 0) is 12.8 Å². The lowest BCUT2D eigenvalue weighted by Crippen LogP contribution is -1.95. The molecule has 0 saturated carbocycles. The maximum atomic E-state index is 10.8. The first-order valence-electron chi connectivity index (χ1n) is 10.3. The first kappa shape index (κ1) is 21.7. The van der Waals surface area contributed by atoms with Gasteiger partial charge in [0.05, 0.1) is 9.79 Å². The Morgan fingerprint density at radius 1 is 0.667 bits per heavy atom. The summed E-state index contributed by atoms with van der Waals surface area (Å²) in [5, 5.41) is 21.5. The Kier molecular flexibility index (Phi) is 8.56. The molecule has 2 rings (SSSR count). The molecular weight excluding hydrogens is 352 g/mol. The number of unbranched alkanes of at least 4 members (excludes halogenated alkanes) is 4. The zero-order valence-electron chi connectivity index (χ0n) is 17.3. The average molecular weight is 387 g/mol. The molecule has 2 aromatic carbocycles. The van der Waals surface area contributed by atoms with E-state index < -0.39 is 0 Å². The van der Waals surface area contributed by atoms with Crippen molar-refractivity contribution in [3.05, 3.63) is 46.5 Å². The summed E-state index contributed by atoms with van der Waals surface area (Å²) < 4.78 is 0. The van der Waals surface area contributed by atoms with Crippen molar-refractivity contribution in [2.45, 2.75) is 88.9 Å². The second kappa shape index (κ2) is 10.7. The fourth-order valence-electron chi connectivity index (χ4n) is 3.28. The van der Waals surface area contributed by atoms with Crippen molar-refractivity contribution in [2.24, 2.45) is 0 Å². The number of phenolic OH excluding ortho intramolecular Hbond substituents is 2. The van der Waals surface area contributed by atoms with Crippen molar-refractivity contribution >= 4 is 11.8 Å². The molecule has 0 radical (unpaired) electrons. The maximum Gasteiger partial charge on any atom is 0.132 e. The molecule has 0 saturated heterocycles. The van der Waals surface area contributed by atoms with Gasteiger partial charge in [-0.2, -0.15) is 0 Å². The molecule has 0 aromatic heterocycles. The van der Waals surface area contributed by atoms with Crippen molar-refractivity contribution in [1.82, 2.24) is 0 Å². The lowest BCUT2D eigenvalue weighted by Gasteiger charge is -2.17. The summed E-state index contributed by atoms with van der Waals surface area (Å²) in [4.78, 5) is 1.81. The third kappa shape index (κ3) is 5.68. The van der Waals surface area contributed by atoms with Crippen molar-refractivity contribution in [3.63, 3.8) is 0 Å². The van der Waals surface area contributed by atoms with Gasteiger partial charge < -0.3 is 10.2 Å². The Labute approximate surface area is 169 Å². The molecule has 0 amide bonds. The molecule has 0 heterocycles. The van der Waals surface area contributed by atoms with Crippen molar-refractivity contribution < 1.29 is 10.2 Å². The zero-order valence-corrected chi connectivity index (χ0v) is 18.1. The van der Waals surface area contributed by atoms with Crippen LogP contribution in [-0.4, -0.2) is 10.2 Å². The SMILES string of the molecule is CCCCCc1ccc(C)c(O)c1Sc1c(CCCCC)ccc(C)c1O. The number of rotatable bonds is 10. The van der Waals surface area contributed by atoms with Gasteiger partial charge in [0.1, 0.15) is 11.5 Å². The van der Waals surface area contributed by atoms with Gasteiger partial charge in [-0.1, -0.05) is 75.6 Å². The van der Waals surface area contributed by atoms with Crippen LogP contribution in [0.5, 0.6) is 11.5 Å². The van der Waals surface area contributed by atoms with E-state index in [0.29, 0.717) is 11.5 Å². The van der Waals surface area contributed by atoms with Crippen LogP contribution in [0.15, 0.2) is 34.1 Å². The van der Waals surface area contributed by atoms with Gasteiger partial charge in [-0.3, -0.25) is 0 Å². The highest BCUT2D eigenvalue weighted by Gasteiger charge is 2.18. The van der Waals surface area contributed by atoms with Crippen LogP contribution >= 0.6 is 11.8 Å². The van der Waals surface area contributed by atoms with Crippen LogP contribution < -0.4 is 0 Å². The number of hydrogen-bond donors (Lipinski definition) is 2. The standard InChI is InChI=1S/C24H34O2S/c1-5-7-9-11-19-15-13-17(3)21(25)23(19)27-24-20(12-10-8-6-2)16-14-18(4)22(24)26/h13-16,25-26H,5-12H2,1-4H3. The molecule has 148 valence electrons. The Morgan fingerprint density at radius 3 is 1.44 bits per heavy atom. The van der Waals surface area contributed by atoms with Gasteiger partial charge in [-0.25, -0.2) is 0 Å². The van der Waals surface area contributed by atoms with Crippen molar-refractivity contribution in [1.29, 1.82) is 0 Å². The maximum absolute atomic E-state index is 10.8. The summed E-state index contributed by atoms with van der Waals surface area (Å²) in [6.45, 7) is 8.28. The van der Waals surface area contributed by atoms with E-state index in [-0.39, 0.29) is 0 Å². The third-order valence-electron chi connectivity index (χ3n) is 5.13. The largest absolute Gasteiger partial charge is 0.506 e. The third-order valence-corrected chi connectivity index (χ3v) is 6.45. The normalized spacial score (nSPS) is 11.1. The summed E-state index contributed by atoms with van der Waals surface area (Å²) in [7, 11) is 0. The Hall–Kier alpha value is -1.61. The lowest BCUT2D eigenvalue weighted by atomic mass is 10.0. The molecule has 2 nitrogen and oxygen atoms in total. The molecule has 0 aliphatic heterocycles. The number of aryl methyl sites for hydroxylation is 4. The minimum absolute atomic E-state index is 0.356. The predicted molar refractivity (Wildman–Crippen MR) is 116 cm³/mol. The smallest absolute Gasteiger partial charge is 0.132 e. The minimum atomic E-state index is 0.356. The molecule has 0 aliphatic carbocycles. The monoisotopic (exact) mass is 386 g/mol. The highest BCUT2D eigenvalue weighted by Crippen LogP contribution is 2.45. The summed E-state index contributed by atoms with van der Waals surface area (Å²) in [5.74, 6) is 0.712. The van der Waals surface area contributed by atoms with Crippen molar-refractivity contribution in [2.75, 3.05) is 0 Å². The molecule has 0 bridgehead atoms. The second-order valence-corrected chi connectivity index (χ2v) is 8.48. The molecule has 3 heteroatoms. The van der Waals surface area contributed by atoms with E-state index in [2.05, 4.69) is 26.0 Å². The zero-order chi connectivity index (χ0) is 19.8. The minimum Gasteiger partial charge on any atom is -0.506 e. The Bertz CT molecular complexity index is 689. The number of hydrogen-bond acceptors (Lipinski definition) is 3. The fraction of sp³-hybridized carbons (Fsp3) is 0.500. The van der Waals surface area contributed by atoms with Crippen LogP contribution in [0.4, 0.5) is 0 Å². The Balaban J connectivity index is 2.40. The van der Waals surface area contributed by atoms with E-state index in [0.717, 1.165) is 46.6 Å². The first-order chi connectivity index (χ1) is 13.0. The van der Waals surface area contributed by atoms with Gasteiger partial charge in [0.25, 0.3) is 0 Å². The van der Waals surface area contributed by atoms with Crippen LogP contribution in [0, 0.1) is 13.8 Å². The van der Waals surface area contributed by atoms with E-state index in [1.165, 1.54) is 48.6 Å². The molecule has 0 atom stereocenters. The van der Waals surface area contributed by atoms with Gasteiger partial charge >= 0.3 is 0 Å². The molecule has 0 unspecified atom stereocenters. The van der Waals surface area contributed by atoms with Crippen LogP contribution in [0.25, 0.3) is 0 Å². The lowest BCUT2D eigenvalue weighted by molar-refractivity contribution is 0.453. The quantitative estimate of drug-likeness (QED) is 0.420.